The molecule has 0 amide bonds. The number of pyridine rings is 1. The van der Waals surface area contributed by atoms with Gasteiger partial charge in [0.05, 0.1) is 29.8 Å². The lowest BCUT2D eigenvalue weighted by Crippen LogP contribution is -2.51. The van der Waals surface area contributed by atoms with Crippen LogP contribution in [0.1, 0.15) is 24.1 Å². The fourth-order valence-electron chi connectivity index (χ4n) is 4.90. The molecule has 6 heterocycles. The molecule has 34 heavy (non-hydrogen) atoms. The molecule has 0 unspecified atom stereocenters. The van der Waals surface area contributed by atoms with Crippen molar-refractivity contribution < 1.29 is 9.13 Å². The molecule has 2 saturated heterocycles. The van der Waals surface area contributed by atoms with Gasteiger partial charge < -0.3 is 15.4 Å². The number of nitrogens with two attached hydrogens (primary N) is 1. The molecule has 2 fully saturated rings. The first-order chi connectivity index (χ1) is 16.6. The summed E-state index contributed by atoms with van der Waals surface area (Å²) in [5.74, 6) is 8.71. The molecule has 0 radical (unpaired) electrons. The summed E-state index contributed by atoms with van der Waals surface area (Å²) in [6, 6.07) is 1.36. The predicted octanol–water partition coefficient (Wildman–Crippen LogP) is 1.49. The largest absolute Gasteiger partial charge is 0.363 e. The second kappa shape index (κ2) is 7.80. The monoisotopic (exact) mass is 456 g/mol. The number of nitrogens with zero attached hydrogens (tertiary/aromatic N) is 6. The summed E-state index contributed by atoms with van der Waals surface area (Å²) in [6.45, 7) is 2.12. The van der Waals surface area contributed by atoms with Crippen LogP contribution >= 0.6 is 0 Å². The smallest absolute Gasteiger partial charge is 0.213 e. The molecule has 0 aromatic carbocycles. The van der Waals surface area contributed by atoms with E-state index >= 15 is 0 Å². The Morgan fingerprint density at radius 2 is 2.12 bits per heavy atom. The Bertz CT molecular complexity index is 1500. The highest BCUT2D eigenvalue weighted by atomic mass is 19.1. The maximum Gasteiger partial charge on any atom is 0.213 e. The number of nitrogens with one attached hydrogen (secondary N) is 1. The molecule has 4 aromatic heterocycles. The normalized spacial score (nSPS) is 21.6. The molecular formula is C24H21FN8O. The van der Waals surface area contributed by atoms with Crippen molar-refractivity contribution in [2.75, 3.05) is 24.6 Å². The maximum atomic E-state index is 13.9. The molecule has 2 aliphatic rings. The second-order valence-corrected chi connectivity index (χ2v) is 8.71. The van der Waals surface area contributed by atoms with Gasteiger partial charge in [-0.05, 0) is 24.8 Å². The Labute approximate surface area is 194 Å². The zero-order valence-corrected chi connectivity index (χ0v) is 18.2. The molecule has 6 rings (SSSR count). The van der Waals surface area contributed by atoms with Crippen molar-refractivity contribution in [2.45, 2.75) is 25.0 Å². The van der Waals surface area contributed by atoms with Gasteiger partial charge in [0.25, 0.3) is 0 Å². The van der Waals surface area contributed by atoms with Crippen LogP contribution in [0.5, 0.6) is 0 Å². The van der Waals surface area contributed by atoms with Gasteiger partial charge in [0.2, 0.25) is 5.95 Å². The maximum absolute atomic E-state index is 13.9. The summed E-state index contributed by atoms with van der Waals surface area (Å²) in [5.41, 5.74) is 8.29. The molecular weight excluding hydrogens is 435 g/mol. The minimum absolute atomic E-state index is 0.106. The average Bonchev–Trinajstić information content (AvgIpc) is 3.57. The van der Waals surface area contributed by atoms with E-state index in [2.05, 4.69) is 42.8 Å². The van der Waals surface area contributed by atoms with Gasteiger partial charge in [-0.3, -0.25) is 14.5 Å². The number of fused-ring (bicyclic) bond motifs is 3. The molecule has 170 valence electrons. The van der Waals surface area contributed by atoms with E-state index in [4.69, 9.17) is 21.9 Å². The van der Waals surface area contributed by atoms with E-state index in [1.165, 1.54) is 12.3 Å². The Kier molecular flexibility index (Phi) is 4.73. The molecule has 0 aliphatic carbocycles. The van der Waals surface area contributed by atoms with Crippen molar-refractivity contribution in [3.05, 3.63) is 47.9 Å². The molecule has 10 heteroatoms. The van der Waals surface area contributed by atoms with Crippen LogP contribution in [0.4, 0.5) is 10.3 Å². The highest BCUT2D eigenvalue weighted by molar-refractivity contribution is 5.94. The lowest BCUT2D eigenvalue weighted by molar-refractivity contribution is 0.113. The van der Waals surface area contributed by atoms with E-state index in [9.17, 15) is 4.39 Å². The minimum Gasteiger partial charge on any atom is -0.363 e. The van der Waals surface area contributed by atoms with E-state index in [1.807, 2.05) is 10.6 Å². The highest BCUT2D eigenvalue weighted by Gasteiger charge is 2.49. The van der Waals surface area contributed by atoms with Gasteiger partial charge in [0.15, 0.2) is 17.1 Å². The van der Waals surface area contributed by atoms with Crippen LogP contribution in [0.25, 0.3) is 16.7 Å². The number of imidazole rings is 1. The van der Waals surface area contributed by atoms with Crippen LogP contribution in [0.15, 0.2) is 30.9 Å². The summed E-state index contributed by atoms with van der Waals surface area (Å²) in [5, 5.41) is 7.96. The number of halogens is 1. The third-order valence-corrected chi connectivity index (χ3v) is 6.92. The van der Waals surface area contributed by atoms with Crippen molar-refractivity contribution in [2.24, 2.45) is 11.1 Å². The van der Waals surface area contributed by atoms with Crippen LogP contribution in [-0.2, 0) is 4.74 Å². The quantitative estimate of drug-likeness (QED) is 0.418. The molecule has 2 aliphatic heterocycles. The predicted molar refractivity (Wildman–Crippen MR) is 123 cm³/mol. The number of hydrogen-bond donors (Lipinski definition) is 2. The van der Waals surface area contributed by atoms with E-state index in [-0.39, 0.29) is 23.1 Å². The third kappa shape index (κ3) is 3.11. The van der Waals surface area contributed by atoms with Crippen LogP contribution in [0, 0.1) is 35.4 Å². The molecule has 4 aromatic rings. The number of terminal acetylenes is 1. The van der Waals surface area contributed by atoms with Gasteiger partial charge >= 0.3 is 0 Å². The van der Waals surface area contributed by atoms with E-state index in [1.54, 1.807) is 6.20 Å². The Morgan fingerprint density at radius 3 is 2.88 bits per heavy atom. The second-order valence-electron chi connectivity index (χ2n) is 8.71. The lowest BCUT2D eigenvalue weighted by Gasteiger charge is -2.41. The zero-order valence-electron chi connectivity index (χ0n) is 18.2. The topological polar surface area (TPSA) is 110 Å². The van der Waals surface area contributed by atoms with E-state index in [0.717, 1.165) is 38.1 Å². The minimum atomic E-state index is -0.481. The van der Waals surface area contributed by atoms with Crippen LogP contribution < -0.4 is 10.6 Å². The summed E-state index contributed by atoms with van der Waals surface area (Å²) < 4.78 is 21.6. The van der Waals surface area contributed by atoms with Gasteiger partial charge in [-0.15, -0.1) is 6.42 Å². The number of aromatic amines is 1. The van der Waals surface area contributed by atoms with Crippen molar-refractivity contribution in [3.63, 3.8) is 0 Å². The number of aromatic nitrogens is 6. The van der Waals surface area contributed by atoms with Crippen LogP contribution in [-0.4, -0.2) is 61.4 Å². The fraction of sp³-hybridized carbons (Fsp3) is 0.333. The van der Waals surface area contributed by atoms with Crippen molar-refractivity contribution in [3.8, 4) is 24.2 Å². The van der Waals surface area contributed by atoms with Crippen molar-refractivity contribution in [1.82, 2.24) is 29.5 Å². The van der Waals surface area contributed by atoms with Gasteiger partial charge in [-0.25, -0.2) is 9.37 Å². The lowest BCUT2D eigenvalue weighted by atomic mass is 9.73. The molecule has 9 nitrogen and oxygen atoms in total. The summed E-state index contributed by atoms with van der Waals surface area (Å²) >= 11 is 0. The van der Waals surface area contributed by atoms with Crippen LogP contribution in [0.2, 0.25) is 0 Å². The Morgan fingerprint density at radius 1 is 1.26 bits per heavy atom. The summed E-state index contributed by atoms with van der Waals surface area (Å²) in [7, 11) is 0. The Balaban J connectivity index is 1.34. The molecule has 2 atom stereocenters. The first-order valence-electron chi connectivity index (χ1n) is 11.0. The number of anilines is 1. The number of H-pyrrole nitrogens is 1. The fourth-order valence-corrected chi connectivity index (χ4v) is 4.90. The third-order valence-electron chi connectivity index (χ3n) is 6.92. The molecule has 0 saturated carbocycles. The van der Waals surface area contributed by atoms with Gasteiger partial charge in [0, 0.05) is 37.1 Å². The number of rotatable bonds is 1. The van der Waals surface area contributed by atoms with Crippen molar-refractivity contribution in [1.29, 1.82) is 0 Å². The standard InChI is InChI=1S/C24H21FN8O/c1-2-18-20(26)24(14-34-18)6-10-32(11-7-24)23-29-21-19(22-28-9-12-33(22)23)17(30-31-21)4-3-15-5-8-27-13-16(15)25/h1,5,8-9,12-13,18,20H,6-7,10-11,14,26H2,(H,30,31)/t18-,20+/m0/s1. The SMILES string of the molecule is C#C[C@@H]1OCC2(CCN(c3nc4[nH]nc(C#Cc5ccncc5F)c4c4nccn34)CC2)[C@@H]1N. The van der Waals surface area contributed by atoms with E-state index in [0.29, 0.717) is 29.0 Å². The van der Waals surface area contributed by atoms with Gasteiger partial charge in [-0.1, -0.05) is 11.8 Å². The van der Waals surface area contributed by atoms with Gasteiger partial charge in [0.1, 0.15) is 11.8 Å². The summed E-state index contributed by atoms with van der Waals surface area (Å²) in [6.07, 6.45) is 13.2. The summed E-state index contributed by atoms with van der Waals surface area (Å²) in [4.78, 5) is 15.3. The van der Waals surface area contributed by atoms with Gasteiger partial charge in [-0.2, -0.15) is 10.1 Å². The highest BCUT2D eigenvalue weighted by Crippen LogP contribution is 2.42. The van der Waals surface area contributed by atoms with Crippen molar-refractivity contribution >= 4 is 22.6 Å². The Hall–Kier alpha value is -3.99. The first-order valence-corrected chi connectivity index (χ1v) is 11.0. The number of hydrogen-bond acceptors (Lipinski definition) is 7. The molecule has 1 spiro atoms. The molecule has 3 N–H and O–H groups in total. The van der Waals surface area contributed by atoms with E-state index < -0.39 is 5.82 Å². The molecule has 0 bridgehead atoms. The first kappa shape index (κ1) is 20.6. The number of ether oxygens (including phenoxy) is 1. The average molecular weight is 456 g/mol. The zero-order chi connectivity index (χ0) is 23.3. The number of piperidine rings is 1. The van der Waals surface area contributed by atoms with Crippen LogP contribution in [0.3, 0.4) is 0 Å².